The minimum absolute atomic E-state index is 0.180. The average molecular weight is 430 g/mol. The summed E-state index contributed by atoms with van der Waals surface area (Å²) < 4.78 is 6.75. The van der Waals surface area contributed by atoms with Gasteiger partial charge in [-0.25, -0.2) is 9.48 Å². The first-order valence-corrected chi connectivity index (χ1v) is 10.7. The fourth-order valence-electron chi connectivity index (χ4n) is 3.63. The molecule has 0 spiro atoms. The van der Waals surface area contributed by atoms with Crippen molar-refractivity contribution in [2.75, 3.05) is 6.61 Å². The number of esters is 1. The zero-order valence-electron chi connectivity index (χ0n) is 17.4. The molecule has 0 aliphatic heterocycles. The van der Waals surface area contributed by atoms with Gasteiger partial charge in [0.2, 0.25) is 0 Å². The molecule has 2 aromatic rings. The third kappa shape index (κ3) is 6.20. The molecule has 7 heteroatoms. The monoisotopic (exact) mass is 429 g/mol. The Hall–Kier alpha value is -2.60. The fourth-order valence-corrected chi connectivity index (χ4v) is 3.92. The Morgan fingerprint density at radius 1 is 1.23 bits per heavy atom. The first-order chi connectivity index (χ1) is 14.4. The van der Waals surface area contributed by atoms with Crippen LogP contribution in [0.15, 0.2) is 36.4 Å². The lowest BCUT2D eigenvalue weighted by Crippen LogP contribution is -2.39. The molecule has 1 amide bonds. The molecule has 160 valence electrons. The summed E-state index contributed by atoms with van der Waals surface area (Å²) in [5, 5.41) is 7.83. The topological polar surface area (TPSA) is 73.2 Å². The van der Waals surface area contributed by atoms with Gasteiger partial charge in [-0.3, -0.25) is 4.79 Å². The van der Waals surface area contributed by atoms with Gasteiger partial charge in [0.1, 0.15) is 5.15 Å². The van der Waals surface area contributed by atoms with Gasteiger partial charge in [-0.2, -0.15) is 5.10 Å². The number of ether oxygens (including phenoxy) is 1. The van der Waals surface area contributed by atoms with Gasteiger partial charge in [-0.05, 0) is 50.2 Å². The smallest absolute Gasteiger partial charge is 0.331 e. The summed E-state index contributed by atoms with van der Waals surface area (Å²) in [6.45, 7) is 4.32. The maximum absolute atomic E-state index is 12.0. The van der Waals surface area contributed by atoms with Crippen molar-refractivity contribution in [3.8, 4) is 0 Å². The molecule has 1 fully saturated rings. The van der Waals surface area contributed by atoms with E-state index >= 15 is 0 Å². The van der Waals surface area contributed by atoms with Gasteiger partial charge < -0.3 is 10.1 Å². The van der Waals surface area contributed by atoms with Crippen LogP contribution in [0, 0.1) is 12.8 Å². The standard InChI is InChI=1S/C23H28ClN3O3/c1-16-8-10-19(11-9-16)25-21(28)15-30-22(29)13-12-20-17(2)26-27(23(20)24)14-18-6-4-3-5-7-18/h3-7,12-13,16,19H,8-11,14-15H2,1-2H3,(H,25,28)/b13-12+. The van der Waals surface area contributed by atoms with Crippen molar-refractivity contribution >= 4 is 29.6 Å². The number of rotatable bonds is 7. The van der Waals surface area contributed by atoms with Gasteiger partial charge in [0, 0.05) is 17.7 Å². The summed E-state index contributed by atoms with van der Waals surface area (Å²) in [5.74, 6) is -0.136. The van der Waals surface area contributed by atoms with Crippen LogP contribution in [0.1, 0.15) is 49.4 Å². The summed E-state index contributed by atoms with van der Waals surface area (Å²) in [6.07, 6.45) is 7.04. The molecule has 0 saturated heterocycles. The Bertz CT molecular complexity index is 900. The second-order valence-electron chi connectivity index (χ2n) is 7.90. The van der Waals surface area contributed by atoms with Crippen molar-refractivity contribution in [2.24, 2.45) is 5.92 Å². The second kappa shape index (κ2) is 10.4. The number of carbonyl (C=O) groups excluding carboxylic acids is 2. The highest BCUT2D eigenvalue weighted by Gasteiger charge is 2.20. The van der Waals surface area contributed by atoms with Gasteiger partial charge in [-0.15, -0.1) is 0 Å². The van der Waals surface area contributed by atoms with E-state index in [0.717, 1.165) is 31.2 Å². The largest absolute Gasteiger partial charge is 0.452 e. The number of amides is 1. The third-order valence-electron chi connectivity index (χ3n) is 5.40. The Morgan fingerprint density at radius 2 is 1.93 bits per heavy atom. The lowest BCUT2D eigenvalue weighted by Gasteiger charge is -2.26. The molecular weight excluding hydrogens is 402 g/mol. The maximum atomic E-state index is 12.0. The molecule has 1 aliphatic carbocycles. The molecule has 1 aromatic carbocycles. The van der Waals surface area contributed by atoms with Crippen molar-refractivity contribution in [3.63, 3.8) is 0 Å². The highest BCUT2D eigenvalue weighted by atomic mass is 35.5. The number of hydrogen-bond donors (Lipinski definition) is 1. The third-order valence-corrected chi connectivity index (χ3v) is 5.80. The van der Waals surface area contributed by atoms with E-state index in [2.05, 4.69) is 17.3 Å². The van der Waals surface area contributed by atoms with Crippen LogP contribution < -0.4 is 5.32 Å². The number of benzene rings is 1. The van der Waals surface area contributed by atoms with Crippen LogP contribution >= 0.6 is 11.6 Å². The number of carbonyl (C=O) groups is 2. The average Bonchev–Trinajstić information content (AvgIpc) is 3.00. The van der Waals surface area contributed by atoms with Crippen LogP contribution in [0.5, 0.6) is 0 Å². The van der Waals surface area contributed by atoms with Gasteiger partial charge in [-0.1, -0.05) is 48.9 Å². The first kappa shape index (κ1) is 22.1. The van der Waals surface area contributed by atoms with E-state index < -0.39 is 5.97 Å². The summed E-state index contributed by atoms with van der Waals surface area (Å²) >= 11 is 6.44. The van der Waals surface area contributed by atoms with E-state index in [1.807, 2.05) is 37.3 Å². The van der Waals surface area contributed by atoms with Gasteiger partial charge in [0.15, 0.2) is 6.61 Å². The molecule has 0 atom stereocenters. The second-order valence-corrected chi connectivity index (χ2v) is 8.26. The molecule has 30 heavy (non-hydrogen) atoms. The SMILES string of the molecule is Cc1nn(Cc2ccccc2)c(Cl)c1/C=C/C(=O)OCC(=O)NC1CCC(C)CC1. The van der Waals surface area contributed by atoms with Crippen LogP contribution in [-0.4, -0.2) is 34.3 Å². The molecule has 1 heterocycles. The zero-order valence-corrected chi connectivity index (χ0v) is 18.2. The molecule has 1 N–H and O–H groups in total. The number of aryl methyl sites for hydroxylation is 1. The molecule has 0 unspecified atom stereocenters. The van der Waals surface area contributed by atoms with Crippen LogP contribution in [0.3, 0.4) is 0 Å². The van der Waals surface area contributed by atoms with Crippen LogP contribution in [-0.2, 0) is 20.9 Å². The Kier molecular flexibility index (Phi) is 7.69. The number of aromatic nitrogens is 2. The Morgan fingerprint density at radius 3 is 2.63 bits per heavy atom. The summed E-state index contributed by atoms with van der Waals surface area (Å²) in [6, 6.07) is 10.1. The van der Waals surface area contributed by atoms with E-state index in [9.17, 15) is 9.59 Å². The fraction of sp³-hybridized carbons (Fsp3) is 0.435. The van der Waals surface area contributed by atoms with Gasteiger partial charge in [0.05, 0.1) is 12.2 Å². The van der Waals surface area contributed by atoms with E-state index in [1.165, 1.54) is 6.08 Å². The number of nitrogens with zero attached hydrogens (tertiary/aromatic N) is 2. The summed E-state index contributed by atoms with van der Waals surface area (Å²) in [5.41, 5.74) is 2.45. The molecule has 6 nitrogen and oxygen atoms in total. The molecular formula is C23H28ClN3O3. The molecule has 1 aromatic heterocycles. The summed E-state index contributed by atoms with van der Waals surface area (Å²) in [7, 11) is 0. The van der Waals surface area contributed by atoms with Crippen LogP contribution in [0.4, 0.5) is 0 Å². The van der Waals surface area contributed by atoms with E-state index in [1.54, 1.807) is 10.8 Å². The van der Waals surface area contributed by atoms with E-state index in [-0.39, 0.29) is 18.6 Å². The van der Waals surface area contributed by atoms with Gasteiger partial charge in [0.25, 0.3) is 5.91 Å². The van der Waals surface area contributed by atoms with Crippen molar-refractivity contribution < 1.29 is 14.3 Å². The predicted molar refractivity (Wildman–Crippen MR) is 117 cm³/mol. The highest BCUT2D eigenvalue weighted by molar-refractivity contribution is 6.31. The molecule has 1 saturated carbocycles. The van der Waals surface area contributed by atoms with Crippen molar-refractivity contribution in [1.82, 2.24) is 15.1 Å². The van der Waals surface area contributed by atoms with Crippen molar-refractivity contribution in [3.05, 3.63) is 58.4 Å². The normalized spacial score (nSPS) is 19.0. The van der Waals surface area contributed by atoms with Crippen molar-refractivity contribution in [2.45, 2.75) is 52.1 Å². The van der Waals surface area contributed by atoms with E-state index in [0.29, 0.717) is 28.9 Å². The molecule has 3 rings (SSSR count). The lowest BCUT2D eigenvalue weighted by atomic mass is 9.87. The molecule has 0 radical (unpaired) electrons. The maximum Gasteiger partial charge on any atom is 0.331 e. The van der Waals surface area contributed by atoms with Crippen LogP contribution in [0.2, 0.25) is 5.15 Å². The van der Waals surface area contributed by atoms with Gasteiger partial charge >= 0.3 is 5.97 Å². The quantitative estimate of drug-likeness (QED) is 0.530. The predicted octanol–water partition coefficient (Wildman–Crippen LogP) is 4.14. The molecule has 1 aliphatic rings. The number of hydrogen-bond acceptors (Lipinski definition) is 4. The Labute approximate surface area is 182 Å². The highest BCUT2D eigenvalue weighted by Crippen LogP contribution is 2.24. The Balaban J connectivity index is 1.50. The minimum atomic E-state index is -0.589. The zero-order chi connectivity index (χ0) is 21.5. The minimum Gasteiger partial charge on any atom is -0.452 e. The number of halogens is 1. The van der Waals surface area contributed by atoms with Crippen molar-refractivity contribution in [1.29, 1.82) is 0 Å². The summed E-state index contributed by atoms with van der Waals surface area (Å²) in [4.78, 5) is 24.0. The van der Waals surface area contributed by atoms with Crippen LogP contribution in [0.25, 0.3) is 6.08 Å². The van der Waals surface area contributed by atoms with E-state index in [4.69, 9.17) is 16.3 Å². The first-order valence-electron chi connectivity index (χ1n) is 10.3. The number of nitrogens with one attached hydrogen (secondary N) is 1. The molecule has 0 bridgehead atoms. The lowest BCUT2D eigenvalue weighted by molar-refractivity contribution is -0.144.